The summed E-state index contributed by atoms with van der Waals surface area (Å²) in [5.74, 6) is 0.595. The molecule has 1 aromatic rings. The SMILES string of the molecule is Cc1cncc([C@H](N)CC(C)C)n1. The van der Waals surface area contributed by atoms with Crippen molar-refractivity contribution in [2.45, 2.75) is 33.2 Å². The van der Waals surface area contributed by atoms with Crippen LogP contribution in [-0.2, 0) is 0 Å². The fraction of sp³-hybridized carbons (Fsp3) is 0.600. The number of rotatable bonds is 3. The van der Waals surface area contributed by atoms with Crippen molar-refractivity contribution in [3.8, 4) is 0 Å². The van der Waals surface area contributed by atoms with Crippen LogP contribution in [0.4, 0.5) is 0 Å². The second-order valence-electron chi connectivity index (χ2n) is 3.82. The predicted molar refractivity (Wildman–Crippen MR) is 53.2 cm³/mol. The lowest BCUT2D eigenvalue weighted by molar-refractivity contribution is 0.500. The Morgan fingerprint density at radius 2 is 2.08 bits per heavy atom. The van der Waals surface area contributed by atoms with E-state index in [0.29, 0.717) is 5.92 Å². The Hall–Kier alpha value is -0.960. The van der Waals surface area contributed by atoms with Gasteiger partial charge in [-0.05, 0) is 19.3 Å². The van der Waals surface area contributed by atoms with Gasteiger partial charge in [-0.1, -0.05) is 13.8 Å². The van der Waals surface area contributed by atoms with Crippen LogP contribution in [0.1, 0.15) is 37.7 Å². The first-order chi connectivity index (χ1) is 6.09. The highest BCUT2D eigenvalue weighted by atomic mass is 14.8. The van der Waals surface area contributed by atoms with Gasteiger partial charge >= 0.3 is 0 Å². The summed E-state index contributed by atoms with van der Waals surface area (Å²) in [7, 11) is 0. The summed E-state index contributed by atoms with van der Waals surface area (Å²) in [5, 5.41) is 0. The molecular formula is C10H17N3. The number of hydrogen-bond acceptors (Lipinski definition) is 3. The van der Waals surface area contributed by atoms with Gasteiger partial charge in [0.1, 0.15) is 0 Å². The van der Waals surface area contributed by atoms with Gasteiger partial charge in [0.2, 0.25) is 0 Å². The summed E-state index contributed by atoms with van der Waals surface area (Å²) in [6.45, 7) is 6.24. The lowest BCUT2D eigenvalue weighted by Gasteiger charge is -2.13. The Balaban J connectivity index is 2.71. The van der Waals surface area contributed by atoms with Crippen LogP contribution < -0.4 is 5.73 Å². The summed E-state index contributed by atoms with van der Waals surface area (Å²) < 4.78 is 0. The van der Waals surface area contributed by atoms with Crippen molar-refractivity contribution in [3.05, 3.63) is 23.8 Å². The van der Waals surface area contributed by atoms with Gasteiger partial charge in [-0.2, -0.15) is 0 Å². The van der Waals surface area contributed by atoms with Crippen LogP contribution in [-0.4, -0.2) is 9.97 Å². The molecular weight excluding hydrogens is 162 g/mol. The number of nitrogens with two attached hydrogens (primary N) is 1. The van der Waals surface area contributed by atoms with Crippen LogP contribution in [0.15, 0.2) is 12.4 Å². The summed E-state index contributed by atoms with van der Waals surface area (Å²) in [6, 6.07) is 0.0207. The molecule has 0 radical (unpaired) electrons. The zero-order valence-corrected chi connectivity index (χ0v) is 8.49. The Bertz CT molecular complexity index is 271. The van der Waals surface area contributed by atoms with Gasteiger partial charge in [-0.15, -0.1) is 0 Å². The monoisotopic (exact) mass is 179 g/mol. The van der Waals surface area contributed by atoms with Crippen LogP contribution in [0.2, 0.25) is 0 Å². The van der Waals surface area contributed by atoms with Crippen LogP contribution >= 0.6 is 0 Å². The van der Waals surface area contributed by atoms with Gasteiger partial charge in [0, 0.05) is 18.4 Å². The summed E-state index contributed by atoms with van der Waals surface area (Å²) in [4.78, 5) is 8.41. The fourth-order valence-electron chi connectivity index (χ4n) is 1.29. The molecule has 0 amide bonds. The van der Waals surface area contributed by atoms with E-state index in [2.05, 4.69) is 23.8 Å². The fourth-order valence-corrected chi connectivity index (χ4v) is 1.29. The molecule has 0 aliphatic heterocycles. The summed E-state index contributed by atoms with van der Waals surface area (Å²) in [6.07, 6.45) is 4.45. The average Bonchev–Trinajstić information content (AvgIpc) is 2.03. The molecule has 1 rings (SSSR count). The van der Waals surface area contributed by atoms with E-state index in [1.165, 1.54) is 0 Å². The molecule has 1 aromatic heterocycles. The summed E-state index contributed by atoms with van der Waals surface area (Å²) >= 11 is 0. The molecule has 0 fully saturated rings. The van der Waals surface area contributed by atoms with Gasteiger partial charge in [0.05, 0.1) is 11.4 Å². The topological polar surface area (TPSA) is 51.8 Å². The Labute approximate surface area is 79.4 Å². The maximum Gasteiger partial charge on any atom is 0.0757 e. The van der Waals surface area contributed by atoms with Gasteiger partial charge in [0.25, 0.3) is 0 Å². The second kappa shape index (κ2) is 4.33. The maximum atomic E-state index is 5.96. The predicted octanol–water partition coefficient (Wildman–Crippen LogP) is 1.83. The quantitative estimate of drug-likeness (QED) is 0.770. The smallest absolute Gasteiger partial charge is 0.0757 e. The zero-order chi connectivity index (χ0) is 9.84. The molecule has 0 saturated carbocycles. The van der Waals surface area contributed by atoms with Gasteiger partial charge < -0.3 is 5.73 Å². The number of hydrogen-bond donors (Lipinski definition) is 1. The van der Waals surface area contributed by atoms with Crippen LogP contribution in [0.3, 0.4) is 0 Å². The third kappa shape index (κ3) is 3.11. The first-order valence-electron chi connectivity index (χ1n) is 4.63. The van der Waals surface area contributed by atoms with Crippen molar-refractivity contribution in [1.29, 1.82) is 0 Å². The van der Waals surface area contributed by atoms with Crippen molar-refractivity contribution in [2.75, 3.05) is 0 Å². The molecule has 0 aromatic carbocycles. The van der Waals surface area contributed by atoms with Gasteiger partial charge in [0.15, 0.2) is 0 Å². The minimum Gasteiger partial charge on any atom is -0.323 e. The molecule has 1 heterocycles. The van der Waals surface area contributed by atoms with Crippen LogP contribution in [0, 0.1) is 12.8 Å². The molecule has 0 aliphatic rings. The normalized spacial score (nSPS) is 13.3. The largest absolute Gasteiger partial charge is 0.323 e. The van der Waals surface area contributed by atoms with Crippen molar-refractivity contribution in [3.63, 3.8) is 0 Å². The number of aryl methyl sites for hydroxylation is 1. The van der Waals surface area contributed by atoms with E-state index in [1.54, 1.807) is 12.4 Å². The maximum absolute atomic E-state index is 5.96. The van der Waals surface area contributed by atoms with Gasteiger partial charge in [-0.3, -0.25) is 9.97 Å². The minimum atomic E-state index is 0.0207. The van der Waals surface area contributed by atoms with E-state index < -0.39 is 0 Å². The van der Waals surface area contributed by atoms with Crippen molar-refractivity contribution in [1.82, 2.24) is 9.97 Å². The van der Waals surface area contributed by atoms with Crippen molar-refractivity contribution >= 4 is 0 Å². The van der Waals surface area contributed by atoms with E-state index in [4.69, 9.17) is 5.73 Å². The minimum absolute atomic E-state index is 0.0207. The van der Waals surface area contributed by atoms with E-state index in [0.717, 1.165) is 17.8 Å². The lowest BCUT2D eigenvalue weighted by atomic mass is 10.0. The number of aromatic nitrogens is 2. The molecule has 1 atom stereocenters. The third-order valence-corrected chi connectivity index (χ3v) is 1.88. The average molecular weight is 179 g/mol. The van der Waals surface area contributed by atoms with Crippen LogP contribution in [0.25, 0.3) is 0 Å². The molecule has 0 aliphatic carbocycles. The molecule has 0 bridgehead atoms. The first-order valence-corrected chi connectivity index (χ1v) is 4.63. The highest BCUT2D eigenvalue weighted by Gasteiger charge is 2.09. The number of nitrogens with zero attached hydrogens (tertiary/aromatic N) is 2. The molecule has 13 heavy (non-hydrogen) atoms. The standard InChI is InChI=1S/C10H17N3/c1-7(2)4-9(11)10-6-12-5-8(3)13-10/h5-7,9H,4,11H2,1-3H3/t9-/m1/s1. The zero-order valence-electron chi connectivity index (χ0n) is 8.49. The summed E-state index contributed by atoms with van der Waals surface area (Å²) in [5.41, 5.74) is 7.79. The second-order valence-corrected chi connectivity index (χ2v) is 3.82. The lowest BCUT2D eigenvalue weighted by Crippen LogP contribution is -2.15. The molecule has 3 heteroatoms. The van der Waals surface area contributed by atoms with Gasteiger partial charge in [-0.25, -0.2) is 0 Å². The highest BCUT2D eigenvalue weighted by molar-refractivity contribution is 5.05. The first kappa shape index (κ1) is 10.1. The third-order valence-electron chi connectivity index (χ3n) is 1.88. The highest BCUT2D eigenvalue weighted by Crippen LogP contribution is 2.15. The van der Waals surface area contributed by atoms with Crippen molar-refractivity contribution < 1.29 is 0 Å². The Morgan fingerprint density at radius 1 is 1.38 bits per heavy atom. The van der Waals surface area contributed by atoms with Crippen molar-refractivity contribution in [2.24, 2.45) is 11.7 Å². The van der Waals surface area contributed by atoms with E-state index in [-0.39, 0.29) is 6.04 Å². The van der Waals surface area contributed by atoms with E-state index in [9.17, 15) is 0 Å². The molecule has 0 saturated heterocycles. The molecule has 2 N–H and O–H groups in total. The van der Waals surface area contributed by atoms with E-state index >= 15 is 0 Å². The molecule has 3 nitrogen and oxygen atoms in total. The molecule has 0 spiro atoms. The Morgan fingerprint density at radius 3 is 2.62 bits per heavy atom. The van der Waals surface area contributed by atoms with E-state index in [1.807, 2.05) is 6.92 Å². The molecule has 0 unspecified atom stereocenters. The Kier molecular flexibility index (Phi) is 3.37. The molecule has 72 valence electrons. The van der Waals surface area contributed by atoms with Crippen LogP contribution in [0.5, 0.6) is 0 Å².